The number of benzene rings is 1. The van der Waals surface area contributed by atoms with Gasteiger partial charge in [-0.3, -0.25) is 0 Å². The number of likely N-dealkylation sites (tertiary alicyclic amines) is 1. The third-order valence-electron chi connectivity index (χ3n) is 4.31. The monoisotopic (exact) mass is 350 g/mol. The molecule has 0 unspecified atom stereocenters. The molecule has 2 atom stereocenters. The van der Waals surface area contributed by atoms with Crippen LogP contribution < -0.4 is 5.73 Å². The summed E-state index contributed by atoms with van der Waals surface area (Å²) >= 11 is 0. The van der Waals surface area contributed by atoms with Crippen molar-refractivity contribution in [1.29, 1.82) is 0 Å². The van der Waals surface area contributed by atoms with Gasteiger partial charge in [0.1, 0.15) is 0 Å². The maximum Gasteiger partial charge on any atom is 0.161 e. The topological polar surface area (TPSA) is 79.0 Å². The SMILES string of the molecule is Cl.Cl.NC[C@@H]1O[C@H](CN2CCCC2)Cc2c1ccc(O)c2O. The van der Waals surface area contributed by atoms with Crippen LogP contribution in [0, 0.1) is 0 Å². The molecule has 2 aliphatic rings. The molecule has 126 valence electrons. The normalized spacial score (nSPS) is 24.2. The first kappa shape index (κ1) is 19.3. The molecule has 1 fully saturated rings. The predicted molar refractivity (Wildman–Crippen MR) is 90.3 cm³/mol. The van der Waals surface area contributed by atoms with Gasteiger partial charge in [-0.15, -0.1) is 24.8 Å². The summed E-state index contributed by atoms with van der Waals surface area (Å²) in [6.45, 7) is 3.48. The van der Waals surface area contributed by atoms with Crippen LogP contribution in [0.4, 0.5) is 0 Å². The molecule has 0 radical (unpaired) electrons. The molecule has 0 saturated carbocycles. The van der Waals surface area contributed by atoms with E-state index in [-0.39, 0.29) is 48.5 Å². The third-order valence-corrected chi connectivity index (χ3v) is 4.31. The zero-order chi connectivity index (χ0) is 14.1. The molecule has 3 rings (SSSR count). The number of rotatable bonds is 3. The lowest BCUT2D eigenvalue weighted by atomic mass is 9.92. The number of hydrogen-bond donors (Lipinski definition) is 3. The summed E-state index contributed by atoms with van der Waals surface area (Å²) in [5.41, 5.74) is 7.48. The van der Waals surface area contributed by atoms with Gasteiger partial charge in [0.25, 0.3) is 0 Å². The number of aromatic hydroxyl groups is 2. The first-order valence-electron chi connectivity index (χ1n) is 7.30. The van der Waals surface area contributed by atoms with Crippen molar-refractivity contribution < 1.29 is 14.9 Å². The highest BCUT2D eigenvalue weighted by atomic mass is 35.5. The van der Waals surface area contributed by atoms with Crippen LogP contribution >= 0.6 is 24.8 Å². The quantitative estimate of drug-likeness (QED) is 0.726. The summed E-state index contributed by atoms with van der Waals surface area (Å²) in [5.74, 6) is -0.0861. The number of ether oxygens (including phenoxy) is 1. The molecule has 0 bridgehead atoms. The highest BCUT2D eigenvalue weighted by Gasteiger charge is 2.31. The molecule has 1 aromatic rings. The average molecular weight is 351 g/mol. The Morgan fingerprint density at radius 1 is 1.18 bits per heavy atom. The van der Waals surface area contributed by atoms with Crippen molar-refractivity contribution in [2.24, 2.45) is 5.73 Å². The standard InChI is InChI=1S/C15H22N2O3.2ClH/c16-8-14-11-3-4-13(18)15(19)12(11)7-10(20-14)9-17-5-1-2-6-17;;/h3-4,10,14,18-19H,1-2,5-9,16H2;2*1H/t10-,14-;;/m0../s1. The number of phenolic OH excluding ortho intramolecular Hbond substituents is 2. The molecule has 0 spiro atoms. The Morgan fingerprint density at radius 2 is 1.86 bits per heavy atom. The fraction of sp³-hybridized carbons (Fsp3) is 0.600. The van der Waals surface area contributed by atoms with E-state index in [4.69, 9.17) is 10.5 Å². The highest BCUT2D eigenvalue weighted by Crippen LogP contribution is 2.39. The Hall–Kier alpha value is -0.720. The summed E-state index contributed by atoms with van der Waals surface area (Å²) in [6, 6.07) is 3.30. The van der Waals surface area contributed by atoms with Crippen molar-refractivity contribution in [3.63, 3.8) is 0 Å². The van der Waals surface area contributed by atoms with Crippen LogP contribution in [0.25, 0.3) is 0 Å². The fourth-order valence-electron chi connectivity index (χ4n) is 3.28. The van der Waals surface area contributed by atoms with Crippen LogP contribution in [-0.4, -0.2) is 47.4 Å². The van der Waals surface area contributed by atoms with E-state index in [1.165, 1.54) is 18.9 Å². The Labute approximate surface area is 143 Å². The van der Waals surface area contributed by atoms with Crippen molar-refractivity contribution in [3.05, 3.63) is 23.3 Å². The number of fused-ring (bicyclic) bond motifs is 1. The molecular formula is C15H24Cl2N2O3. The van der Waals surface area contributed by atoms with E-state index in [1.54, 1.807) is 6.07 Å². The van der Waals surface area contributed by atoms with Crippen molar-refractivity contribution in [2.75, 3.05) is 26.2 Å². The minimum absolute atomic E-state index is 0. The van der Waals surface area contributed by atoms with Crippen LogP contribution in [0.5, 0.6) is 11.5 Å². The van der Waals surface area contributed by atoms with E-state index in [0.29, 0.717) is 13.0 Å². The fourth-order valence-corrected chi connectivity index (χ4v) is 3.28. The van der Waals surface area contributed by atoms with Gasteiger partial charge in [0.15, 0.2) is 11.5 Å². The molecule has 1 aromatic carbocycles. The number of halogens is 2. The van der Waals surface area contributed by atoms with Gasteiger partial charge >= 0.3 is 0 Å². The van der Waals surface area contributed by atoms with E-state index < -0.39 is 0 Å². The predicted octanol–water partition coefficient (Wildman–Crippen LogP) is 1.98. The van der Waals surface area contributed by atoms with E-state index in [0.717, 1.165) is 30.8 Å². The lowest BCUT2D eigenvalue weighted by molar-refractivity contribution is -0.0347. The maximum absolute atomic E-state index is 10.1. The molecule has 0 aliphatic carbocycles. The Morgan fingerprint density at radius 3 is 2.50 bits per heavy atom. The van der Waals surface area contributed by atoms with Gasteiger partial charge in [0.2, 0.25) is 0 Å². The summed E-state index contributed by atoms with van der Waals surface area (Å²) in [4.78, 5) is 2.39. The van der Waals surface area contributed by atoms with Gasteiger partial charge < -0.3 is 25.6 Å². The van der Waals surface area contributed by atoms with E-state index in [2.05, 4.69) is 4.90 Å². The van der Waals surface area contributed by atoms with Gasteiger partial charge in [-0.25, -0.2) is 0 Å². The zero-order valence-electron chi connectivity index (χ0n) is 12.4. The van der Waals surface area contributed by atoms with Crippen molar-refractivity contribution in [2.45, 2.75) is 31.5 Å². The minimum Gasteiger partial charge on any atom is -0.504 e. The summed E-state index contributed by atoms with van der Waals surface area (Å²) in [5, 5.41) is 19.7. The molecule has 4 N–H and O–H groups in total. The lowest BCUT2D eigenvalue weighted by Crippen LogP contribution is -2.38. The highest BCUT2D eigenvalue weighted by molar-refractivity contribution is 5.85. The smallest absolute Gasteiger partial charge is 0.161 e. The van der Waals surface area contributed by atoms with Crippen LogP contribution in [-0.2, 0) is 11.2 Å². The number of hydrogen-bond acceptors (Lipinski definition) is 5. The minimum atomic E-state index is -0.196. The Balaban J connectivity index is 0.00000121. The third kappa shape index (κ3) is 3.78. The average Bonchev–Trinajstić information content (AvgIpc) is 2.95. The molecule has 22 heavy (non-hydrogen) atoms. The summed E-state index contributed by atoms with van der Waals surface area (Å²) < 4.78 is 6.06. The molecule has 0 amide bonds. The number of phenols is 2. The Bertz CT molecular complexity index is 496. The van der Waals surface area contributed by atoms with E-state index >= 15 is 0 Å². The van der Waals surface area contributed by atoms with Crippen LogP contribution in [0.3, 0.4) is 0 Å². The molecule has 1 saturated heterocycles. The maximum atomic E-state index is 10.1. The number of nitrogens with zero attached hydrogens (tertiary/aromatic N) is 1. The van der Waals surface area contributed by atoms with Gasteiger partial charge in [-0.2, -0.15) is 0 Å². The molecule has 7 heteroatoms. The number of nitrogens with two attached hydrogens (primary N) is 1. The second-order valence-electron chi connectivity index (χ2n) is 5.70. The molecule has 0 aromatic heterocycles. The van der Waals surface area contributed by atoms with Gasteiger partial charge in [0, 0.05) is 25.1 Å². The molecular weight excluding hydrogens is 327 g/mol. The molecule has 5 nitrogen and oxygen atoms in total. The summed E-state index contributed by atoms with van der Waals surface area (Å²) in [6.07, 6.45) is 2.95. The second kappa shape index (κ2) is 8.22. The lowest BCUT2D eigenvalue weighted by Gasteiger charge is -2.34. The van der Waals surface area contributed by atoms with Gasteiger partial charge in [-0.05, 0) is 37.6 Å². The summed E-state index contributed by atoms with van der Waals surface area (Å²) in [7, 11) is 0. The van der Waals surface area contributed by atoms with Crippen molar-refractivity contribution in [1.82, 2.24) is 4.90 Å². The van der Waals surface area contributed by atoms with Crippen molar-refractivity contribution >= 4 is 24.8 Å². The van der Waals surface area contributed by atoms with E-state index in [9.17, 15) is 10.2 Å². The Kier molecular flexibility index (Phi) is 7.22. The first-order chi connectivity index (χ1) is 9.69. The first-order valence-corrected chi connectivity index (χ1v) is 7.30. The largest absolute Gasteiger partial charge is 0.504 e. The van der Waals surface area contributed by atoms with Crippen LogP contribution in [0.2, 0.25) is 0 Å². The van der Waals surface area contributed by atoms with Crippen LogP contribution in [0.1, 0.15) is 30.1 Å². The zero-order valence-corrected chi connectivity index (χ0v) is 14.0. The van der Waals surface area contributed by atoms with Crippen LogP contribution in [0.15, 0.2) is 12.1 Å². The van der Waals surface area contributed by atoms with Gasteiger partial charge in [0.05, 0.1) is 12.2 Å². The second-order valence-corrected chi connectivity index (χ2v) is 5.70. The molecule has 2 heterocycles. The van der Waals surface area contributed by atoms with Gasteiger partial charge in [-0.1, -0.05) is 6.07 Å². The van der Waals surface area contributed by atoms with E-state index in [1.807, 2.05) is 0 Å². The van der Waals surface area contributed by atoms with Crippen molar-refractivity contribution in [3.8, 4) is 11.5 Å². The molecule has 2 aliphatic heterocycles.